The lowest BCUT2D eigenvalue weighted by Crippen LogP contribution is -2.41. The predicted molar refractivity (Wildman–Crippen MR) is 61.8 cm³/mol. The molecule has 1 aromatic rings. The van der Waals surface area contributed by atoms with E-state index >= 15 is 0 Å². The number of hydrogen-bond donors (Lipinski definition) is 2. The third-order valence-electron chi connectivity index (χ3n) is 2.01. The van der Waals surface area contributed by atoms with Crippen molar-refractivity contribution in [2.45, 2.75) is 12.5 Å². The Hall–Kier alpha value is -1.34. The molecule has 1 atom stereocenters. The van der Waals surface area contributed by atoms with Crippen molar-refractivity contribution in [1.29, 1.82) is 0 Å². The van der Waals surface area contributed by atoms with Gasteiger partial charge in [0, 0.05) is 20.1 Å². The molecule has 0 saturated heterocycles. The second kappa shape index (κ2) is 6.41. The first-order chi connectivity index (χ1) is 8.04. The van der Waals surface area contributed by atoms with Gasteiger partial charge in [-0.25, -0.2) is 4.79 Å². The number of rotatable bonds is 6. The zero-order valence-electron chi connectivity index (χ0n) is 9.10. The number of carbonyl (C=O) groups is 2. The van der Waals surface area contributed by atoms with Gasteiger partial charge >= 0.3 is 5.97 Å². The van der Waals surface area contributed by atoms with Crippen LogP contribution in [0.3, 0.4) is 0 Å². The normalized spacial score (nSPS) is 12.1. The minimum atomic E-state index is -1.11. The Balaban J connectivity index is 2.60. The van der Waals surface area contributed by atoms with E-state index in [4.69, 9.17) is 14.3 Å². The number of carboxylic acid groups (broad SMARTS) is 1. The summed E-state index contributed by atoms with van der Waals surface area (Å²) < 4.78 is 10.2. The third kappa shape index (κ3) is 4.20. The fraction of sp³-hybridized carbons (Fsp3) is 0.400. The van der Waals surface area contributed by atoms with Crippen LogP contribution in [0.1, 0.15) is 17.0 Å². The molecule has 2 N–H and O–H groups in total. The van der Waals surface area contributed by atoms with Gasteiger partial charge in [0.1, 0.15) is 6.04 Å². The van der Waals surface area contributed by atoms with Crippen molar-refractivity contribution < 1.29 is 23.8 Å². The smallest absolute Gasteiger partial charge is 0.326 e. The van der Waals surface area contributed by atoms with Crippen molar-refractivity contribution >= 4 is 27.8 Å². The lowest BCUT2D eigenvalue weighted by atomic mass is 10.2. The number of hydrogen-bond acceptors (Lipinski definition) is 4. The number of ether oxygens (including phenoxy) is 1. The van der Waals surface area contributed by atoms with E-state index in [1.165, 1.54) is 13.2 Å². The van der Waals surface area contributed by atoms with Crippen LogP contribution in [-0.2, 0) is 9.53 Å². The molecular weight excluding hydrogens is 294 g/mol. The maximum absolute atomic E-state index is 11.6. The summed E-state index contributed by atoms with van der Waals surface area (Å²) in [5.74, 6) is -1.62. The number of carbonyl (C=O) groups excluding carboxylic acids is 1. The molecular formula is C10H12BrNO5. The Morgan fingerprint density at radius 2 is 2.29 bits per heavy atom. The Labute approximate surface area is 106 Å². The van der Waals surface area contributed by atoms with E-state index in [1.807, 2.05) is 0 Å². The average Bonchev–Trinajstić information content (AvgIpc) is 2.70. The molecule has 0 aliphatic rings. The highest BCUT2D eigenvalue weighted by atomic mass is 79.9. The van der Waals surface area contributed by atoms with Gasteiger partial charge in [-0.05, 0) is 28.1 Å². The summed E-state index contributed by atoms with van der Waals surface area (Å²) in [6.45, 7) is 0.249. The van der Waals surface area contributed by atoms with Crippen LogP contribution in [0.4, 0.5) is 0 Å². The van der Waals surface area contributed by atoms with E-state index in [0.29, 0.717) is 4.67 Å². The minimum Gasteiger partial charge on any atom is -0.480 e. The van der Waals surface area contributed by atoms with Gasteiger partial charge in [0.05, 0.1) is 0 Å². The van der Waals surface area contributed by atoms with Gasteiger partial charge in [-0.15, -0.1) is 0 Å². The highest BCUT2D eigenvalue weighted by molar-refractivity contribution is 9.10. The molecule has 94 valence electrons. The van der Waals surface area contributed by atoms with Crippen molar-refractivity contribution in [3.05, 3.63) is 22.6 Å². The summed E-state index contributed by atoms with van der Waals surface area (Å²) >= 11 is 3.05. The summed E-state index contributed by atoms with van der Waals surface area (Å²) in [6, 6.07) is 2.01. The first kappa shape index (κ1) is 13.7. The summed E-state index contributed by atoms with van der Waals surface area (Å²) in [5, 5.41) is 11.2. The summed E-state index contributed by atoms with van der Waals surface area (Å²) in [6.07, 6.45) is 0.194. The Morgan fingerprint density at radius 1 is 1.59 bits per heavy atom. The molecule has 0 radical (unpaired) electrons. The number of furan rings is 1. The van der Waals surface area contributed by atoms with Gasteiger partial charge in [-0.3, -0.25) is 4.79 Å². The lowest BCUT2D eigenvalue weighted by molar-refractivity contribution is -0.139. The second-order valence-corrected chi connectivity index (χ2v) is 4.03. The average molecular weight is 306 g/mol. The number of amides is 1. The Morgan fingerprint density at radius 3 is 2.76 bits per heavy atom. The van der Waals surface area contributed by atoms with Crippen molar-refractivity contribution in [3.8, 4) is 0 Å². The number of nitrogens with one attached hydrogen (secondary N) is 1. The van der Waals surface area contributed by atoms with Crippen LogP contribution in [0.2, 0.25) is 0 Å². The molecule has 0 bridgehead atoms. The molecule has 7 heteroatoms. The van der Waals surface area contributed by atoms with Gasteiger partial charge < -0.3 is 19.6 Å². The standard InChI is InChI=1S/C10H12BrNO5/c1-16-5-4-6(10(14)15)12-9(13)7-2-3-8(11)17-7/h2-3,6H,4-5H2,1H3,(H,12,13)(H,14,15). The van der Waals surface area contributed by atoms with Crippen molar-refractivity contribution in [2.75, 3.05) is 13.7 Å². The maximum Gasteiger partial charge on any atom is 0.326 e. The van der Waals surface area contributed by atoms with Crippen LogP contribution < -0.4 is 5.32 Å². The van der Waals surface area contributed by atoms with Crippen LogP contribution in [0.25, 0.3) is 0 Å². The number of methoxy groups -OCH3 is 1. The van der Waals surface area contributed by atoms with E-state index < -0.39 is 17.9 Å². The number of halogens is 1. The molecule has 0 spiro atoms. The number of aliphatic carboxylic acids is 1. The first-order valence-corrected chi connectivity index (χ1v) is 5.62. The molecule has 17 heavy (non-hydrogen) atoms. The zero-order chi connectivity index (χ0) is 12.8. The van der Waals surface area contributed by atoms with Crippen LogP contribution >= 0.6 is 15.9 Å². The van der Waals surface area contributed by atoms with Crippen LogP contribution in [0, 0.1) is 0 Å². The van der Waals surface area contributed by atoms with Gasteiger partial charge in [0.15, 0.2) is 10.4 Å². The molecule has 0 saturated carbocycles. The van der Waals surface area contributed by atoms with E-state index in [-0.39, 0.29) is 18.8 Å². The van der Waals surface area contributed by atoms with Crippen molar-refractivity contribution in [1.82, 2.24) is 5.32 Å². The quantitative estimate of drug-likeness (QED) is 0.826. The van der Waals surface area contributed by atoms with E-state index in [0.717, 1.165) is 0 Å². The molecule has 1 rings (SSSR count). The molecule has 0 fully saturated rings. The second-order valence-electron chi connectivity index (χ2n) is 3.25. The highest BCUT2D eigenvalue weighted by Gasteiger charge is 2.21. The summed E-state index contributed by atoms with van der Waals surface area (Å²) in [5.41, 5.74) is 0. The molecule has 0 aliphatic heterocycles. The maximum atomic E-state index is 11.6. The van der Waals surface area contributed by atoms with Crippen molar-refractivity contribution in [3.63, 3.8) is 0 Å². The summed E-state index contributed by atoms with van der Waals surface area (Å²) in [4.78, 5) is 22.5. The molecule has 1 unspecified atom stereocenters. The van der Waals surface area contributed by atoms with Gasteiger partial charge in [-0.2, -0.15) is 0 Å². The van der Waals surface area contributed by atoms with Gasteiger partial charge in [-0.1, -0.05) is 0 Å². The fourth-order valence-corrected chi connectivity index (χ4v) is 1.47. The largest absolute Gasteiger partial charge is 0.480 e. The Bertz CT molecular complexity index is 403. The van der Waals surface area contributed by atoms with E-state index in [1.54, 1.807) is 6.07 Å². The van der Waals surface area contributed by atoms with Crippen LogP contribution in [0.5, 0.6) is 0 Å². The monoisotopic (exact) mass is 305 g/mol. The first-order valence-electron chi connectivity index (χ1n) is 4.82. The van der Waals surface area contributed by atoms with Gasteiger partial charge in [0.25, 0.3) is 5.91 Å². The molecule has 0 aliphatic carbocycles. The SMILES string of the molecule is COCCC(NC(=O)c1ccc(Br)o1)C(=O)O. The number of carboxylic acids is 1. The topological polar surface area (TPSA) is 88.8 Å². The van der Waals surface area contributed by atoms with E-state index in [9.17, 15) is 9.59 Å². The fourth-order valence-electron chi connectivity index (χ4n) is 1.16. The minimum absolute atomic E-state index is 0.0561. The van der Waals surface area contributed by atoms with E-state index in [2.05, 4.69) is 21.2 Å². The van der Waals surface area contributed by atoms with Crippen LogP contribution in [-0.4, -0.2) is 36.7 Å². The third-order valence-corrected chi connectivity index (χ3v) is 2.44. The van der Waals surface area contributed by atoms with Crippen molar-refractivity contribution in [2.24, 2.45) is 0 Å². The predicted octanol–water partition coefficient (Wildman–Crippen LogP) is 1.26. The molecule has 1 aromatic heterocycles. The van der Waals surface area contributed by atoms with Gasteiger partial charge in [0.2, 0.25) is 0 Å². The molecule has 6 nitrogen and oxygen atoms in total. The molecule has 0 aromatic carbocycles. The highest BCUT2D eigenvalue weighted by Crippen LogP contribution is 2.14. The summed E-state index contributed by atoms with van der Waals surface area (Å²) in [7, 11) is 1.46. The zero-order valence-corrected chi connectivity index (χ0v) is 10.7. The molecule has 1 amide bonds. The lowest BCUT2D eigenvalue weighted by Gasteiger charge is -2.12. The Kier molecular flexibility index (Phi) is 5.17. The van der Waals surface area contributed by atoms with Crippen LogP contribution in [0.15, 0.2) is 21.2 Å². The molecule has 1 heterocycles.